The molecule has 0 aromatic carbocycles. The third kappa shape index (κ3) is 6.19. The van der Waals surface area contributed by atoms with Gasteiger partial charge in [-0.25, -0.2) is 0 Å². The monoisotopic (exact) mass is 273 g/mol. The molecule has 2 amide bonds. The minimum atomic E-state index is -0.715. The number of carbonyl (C=O) groups excluding carboxylic acids is 3. The van der Waals surface area contributed by atoms with Crippen LogP contribution in [0.2, 0.25) is 0 Å². The van der Waals surface area contributed by atoms with Crippen LogP contribution in [0.5, 0.6) is 0 Å². The van der Waals surface area contributed by atoms with Gasteiger partial charge in [-0.2, -0.15) is 0 Å². The highest BCUT2D eigenvalue weighted by Gasteiger charge is 2.27. The van der Waals surface area contributed by atoms with Crippen LogP contribution in [-0.4, -0.2) is 43.5 Å². The molecule has 0 saturated heterocycles. The van der Waals surface area contributed by atoms with E-state index in [2.05, 4.69) is 15.4 Å². The van der Waals surface area contributed by atoms with Gasteiger partial charge in [0, 0.05) is 0 Å². The number of ether oxygens (including phenoxy) is 1. The number of nitrogens with two attached hydrogens (primary N) is 1. The van der Waals surface area contributed by atoms with E-state index in [1.54, 1.807) is 0 Å². The number of esters is 1. The maximum absolute atomic E-state index is 11.9. The molecule has 0 spiro atoms. The Balaban J connectivity index is 4.61. The molecule has 0 unspecified atom stereocenters. The highest BCUT2D eigenvalue weighted by molar-refractivity contribution is 5.91. The van der Waals surface area contributed by atoms with Crippen LogP contribution in [0.3, 0.4) is 0 Å². The SMILES string of the molecule is CC[C@H](C)[C@H](NC(=O)[C@H](C)N)C(=O)NCC(=O)OC. The number of rotatable bonds is 7. The standard InChI is InChI=1S/C12H23N3O4/c1-5-7(2)10(15-11(17)8(3)13)12(18)14-6-9(16)19-4/h7-8,10H,5-6,13H2,1-4H3,(H,14,18)(H,15,17)/t7-,8-,10-/m0/s1. The summed E-state index contributed by atoms with van der Waals surface area (Å²) in [6, 6.07) is -1.41. The lowest BCUT2D eigenvalue weighted by atomic mass is 9.98. The maximum atomic E-state index is 11.9. The second-order valence-electron chi connectivity index (χ2n) is 4.45. The minimum absolute atomic E-state index is 0.0691. The van der Waals surface area contributed by atoms with E-state index in [1.807, 2.05) is 13.8 Å². The van der Waals surface area contributed by atoms with E-state index in [4.69, 9.17) is 5.73 Å². The molecule has 0 aromatic rings. The van der Waals surface area contributed by atoms with E-state index < -0.39 is 29.9 Å². The summed E-state index contributed by atoms with van der Waals surface area (Å²) >= 11 is 0. The van der Waals surface area contributed by atoms with Crippen LogP contribution < -0.4 is 16.4 Å². The van der Waals surface area contributed by atoms with Crippen LogP contribution in [0, 0.1) is 5.92 Å². The van der Waals surface area contributed by atoms with Crippen LogP contribution in [0.1, 0.15) is 27.2 Å². The summed E-state index contributed by atoms with van der Waals surface area (Å²) in [4.78, 5) is 34.5. The Labute approximate surface area is 113 Å². The first-order valence-electron chi connectivity index (χ1n) is 6.23. The Hall–Kier alpha value is -1.63. The van der Waals surface area contributed by atoms with E-state index in [0.29, 0.717) is 6.42 Å². The molecule has 0 aliphatic heterocycles. The molecular formula is C12H23N3O4. The zero-order chi connectivity index (χ0) is 15.0. The van der Waals surface area contributed by atoms with Crippen molar-refractivity contribution in [1.82, 2.24) is 10.6 Å². The maximum Gasteiger partial charge on any atom is 0.325 e. The van der Waals surface area contributed by atoms with Crippen molar-refractivity contribution in [3.8, 4) is 0 Å². The Kier molecular flexibility index (Phi) is 7.74. The lowest BCUT2D eigenvalue weighted by Crippen LogP contribution is -2.54. The molecule has 7 nitrogen and oxygen atoms in total. The normalized spacial score (nSPS) is 15.0. The highest BCUT2D eigenvalue weighted by atomic mass is 16.5. The molecule has 0 radical (unpaired) electrons. The van der Waals surface area contributed by atoms with Gasteiger partial charge in [-0.15, -0.1) is 0 Å². The fourth-order valence-corrected chi connectivity index (χ4v) is 1.33. The first kappa shape index (κ1) is 17.4. The molecule has 0 aromatic heterocycles. The van der Waals surface area contributed by atoms with Crippen LogP contribution in [0.25, 0.3) is 0 Å². The number of methoxy groups -OCH3 is 1. The van der Waals surface area contributed by atoms with Gasteiger partial charge in [0.1, 0.15) is 12.6 Å². The minimum Gasteiger partial charge on any atom is -0.468 e. The Morgan fingerprint density at radius 2 is 1.79 bits per heavy atom. The average Bonchev–Trinajstić information content (AvgIpc) is 2.40. The Morgan fingerprint density at radius 1 is 1.21 bits per heavy atom. The molecule has 0 saturated carbocycles. The lowest BCUT2D eigenvalue weighted by Gasteiger charge is -2.24. The van der Waals surface area contributed by atoms with Gasteiger partial charge in [0.15, 0.2) is 0 Å². The van der Waals surface area contributed by atoms with Gasteiger partial charge in [0.05, 0.1) is 13.2 Å². The van der Waals surface area contributed by atoms with Crippen LogP contribution in [0.15, 0.2) is 0 Å². The van der Waals surface area contributed by atoms with Gasteiger partial charge in [-0.3, -0.25) is 14.4 Å². The smallest absolute Gasteiger partial charge is 0.325 e. The zero-order valence-corrected chi connectivity index (χ0v) is 11.9. The first-order chi connectivity index (χ1) is 8.83. The van der Waals surface area contributed by atoms with E-state index >= 15 is 0 Å². The van der Waals surface area contributed by atoms with E-state index in [1.165, 1.54) is 14.0 Å². The zero-order valence-electron chi connectivity index (χ0n) is 11.9. The predicted octanol–water partition coefficient (Wildman–Crippen LogP) is -0.846. The number of hydrogen-bond donors (Lipinski definition) is 3. The molecule has 19 heavy (non-hydrogen) atoms. The predicted molar refractivity (Wildman–Crippen MR) is 70.1 cm³/mol. The third-order valence-corrected chi connectivity index (χ3v) is 2.84. The molecule has 0 rings (SSSR count). The molecule has 3 atom stereocenters. The second-order valence-corrected chi connectivity index (χ2v) is 4.45. The number of nitrogens with one attached hydrogen (secondary N) is 2. The summed E-state index contributed by atoms with van der Waals surface area (Å²) in [6.45, 7) is 5.05. The number of amides is 2. The van der Waals surface area contributed by atoms with Crippen molar-refractivity contribution >= 4 is 17.8 Å². The van der Waals surface area contributed by atoms with Gasteiger partial charge < -0.3 is 21.1 Å². The first-order valence-corrected chi connectivity index (χ1v) is 6.23. The molecular weight excluding hydrogens is 250 g/mol. The summed E-state index contributed by atoms with van der Waals surface area (Å²) in [5, 5.41) is 5.00. The van der Waals surface area contributed by atoms with Gasteiger partial charge in [-0.05, 0) is 12.8 Å². The fourth-order valence-electron chi connectivity index (χ4n) is 1.33. The lowest BCUT2D eigenvalue weighted by molar-refractivity contribution is -0.141. The van der Waals surface area contributed by atoms with Crippen molar-refractivity contribution in [2.24, 2.45) is 11.7 Å². The summed E-state index contributed by atoms with van der Waals surface area (Å²) in [6.07, 6.45) is 0.704. The van der Waals surface area contributed by atoms with Crippen molar-refractivity contribution < 1.29 is 19.1 Å². The fraction of sp³-hybridized carbons (Fsp3) is 0.750. The van der Waals surface area contributed by atoms with E-state index in [-0.39, 0.29) is 12.5 Å². The molecule has 0 aliphatic carbocycles. The van der Waals surface area contributed by atoms with E-state index in [9.17, 15) is 14.4 Å². The van der Waals surface area contributed by atoms with Crippen molar-refractivity contribution in [3.05, 3.63) is 0 Å². The van der Waals surface area contributed by atoms with E-state index in [0.717, 1.165) is 0 Å². The summed E-state index contributed by atoms with van der Waals surface area (Å²) in [5.74, 6) is -1.44. The summed E-state index contributed by atoms with van der Waals surface area (Å²) < 4.78 is 4.43. The Bertz CT molecular complexity index is 331. The number of carbonyl (C=O) groups is 3. The van der Waals surface area contributed by atoms with Crippen molar-refractivity contribution in [1.29, 1.82) is 0 Å². The van der Waals surface area contributed by atoms with Gasteiger partial charge in [-0.1, -0.05) is 20.3 Å². The molecule has 0 bridgehead atoms. The van der Waals surface area contributed by atoms with Crippen molar-refractivity contribution in [2.75, 3.05) is 13.7 Å². The molecule has 110 valence electrons. The Morgan fingerprint density at radius 3 is 2.21 bits per heavy atom. The largest absolute Gasteiger partial charge is 0.468 e. The average molecular weight is 273 g/mol. The van der Waals surface area contributed by atoms with Gasteiger partial charge >= 0.3 is 5.97 Å². The topological polar surface area (TPSA) is 111 Å². The van der Waals surface area contributed by atoms with Crippen LogP contribution in [0.4, 0.5) is 0 Å². The summed E-state index contributed by atoms with van der Waals surface area (Å²) in [7, 11) is 1.23. The van der Waals surface area contributed by atoms with Crippen molar-refractivity contribution in [3.63, 3.8) is 0 Å². The van der Waals surface area contributed by atoms with Crippen LogP contribution in [-0.2, 0) is 19.1 Å². The molecule has 0 aliphatic rings. The quantitative estimate of drug-likeness (QED) is 0.523. The second kappa shape index (κ2) is 8.47. The highest BCUT2D eigenvalue weighted by Crippen LogP contribution is 2.08. The molecule has 4 N–H and O–H groups in total. The molecule has 0 heterocycles. The van der Waals surface area contributed by atoms with Crippen molar-refractivity contribution in [2.45, 2.75) is 39.3 Å². The van der Waals surface area contributed by atoms with Gasteiger partial charge in [0.2, 0.25) is 11.8 Å². The molecule has 0 fully saturated rings. The summed E-state index contributed by atoms with van der Waals surface area (Å²) in [5.41, 5.74) is 5.45. The van der Waals surface area contributed by atoms with Crippen LogP contribution >= 0.6 is 0 Å². The molecule has 7 heteroatoms. The van der Waals surface area contributed by atoms with Gasteiger partial charge in [0.25, 0.3) is 0 Å². The third-order valence-electron chi connectivity index (χ3n) is 2.84. The number of hydrogen-bond acceptors (Lipinski definition) is 5.